The Morgan fingerprint density at radius 1 is 1.00 bits per heavy atom. The molecule has 12 heavy (non-hydrogen) atoms. The maximum absolute atomic E-state index is 4.26. The predicted molar refractivity (Wildman–Crippen MR) is 39.2 cm³/mol. The summed E-state index contributed by atoms with van der Waals surface area (Å²) in [6, 6.07) is 0.791. The van der Waals surface area contributed by atoms with Gasteiger partial charge in [0.1, 0.15) is 6.04 Å². The highest BCUT2D eigenvalue weighted by molar-refractivity contribution is 4.81. The van der Waals surface area contributed by atoms with E-state index in [1.54, 1.807) is 0 Å². The van der Waals surface area contributed by atoms with Crippen LogP contribution in [-0.4, -0.2) is 19.1 Å². The summed E-state index contributed by atoms with van der Waals surface area (Å²) in [6.07, 6.45) is 4.36. The van der Waals surface area contributed by atoms with Crippen LogP contribution in [0.4, 0.5) is 0 Å². The summed E-state index contributed by atoms with van der Waals surface area (Å²) in [7, 11) is 0. The zero-order valence-electron chi connectivity index (χ0n) is 7.31. The molecule has 1 heterocycles. The quantitative estimate of drug-likeness (QED) is 0.401. The minimum absolute atomic E-state index is 0. The van der Waals surface area contributed by atoms with Crippen LogP contribution in [0.1, 0.15) is 19.3 Å². The summed E-state index contributed by atoms with van der Waals surface area (Å²) in [5.41, 5.74) is 4.26. The van der Waals surface area contributed by atoms with E-state index in [2.05, 4.69) is 11.1 Å². The highest BCUT2D eigenvalue weighted by Gasteiger charge is 2.38. The van der Waals surface area contributed by atoms with Crippen molar-refractivity contribution in [3.8, 4) is 0 Å². The summed E-state index contributed by atoms with van der Waals surface area (Å²) >= 11 is 0. The maximum atomic E-state index is 4.26. The van der Waals surface area contributed by atoms with E-state index in [4.69, 9.17) is 0 Å². The number of nitrogens with two attached hydrogens (primary N) is 1. The first-order valence-electron chi connectivity index (χ1n) is 4.52. The van der Waals surface area contributed by atoms with Gasteiger partial charge in [-0.25, -0.2) is 0 Å². The number of quaternary nitrogens is 2. The summed E-state index contributed by atoms with van der Waals surface area (Å²) in [5, 5.41) is 2.48. The molecule has 0 aromatic carbocycles. The second-order valence-electron chi connectivity index (χ2n) is 3.87. The van der Waals surface area contributed by atoms with Crippen LogP contribution in [0.5, 0.6) is 0 Å². The number of hydrogen-bond donors (Lipinski definition) is 2. The minimum atomic E-state index is 0. The van der Waals surface area contributed by atoms with E-state index in [-0.39, 0.29) is 24.8 Å². The molecule has 2 aliphatic rings. The third-order valence-electron chi connectivity index (χ3n) is 3.30. The Hall–Kier alpha value is 0.500. The fourth-order valence-corrected chi connectivity index (χ4v) is 2.56. The van der Waals surface area contributed by atoms with Gasteiger partial charge in [-0.1, -0.05) is 6.42 Å². The number of hydrogen-bond acceptors (Lipinski definition) is 0. The standard InChI is InChI=1S/C8H16N2.2ClH/c9-8-6-2-1-3-7(8)5-10-4-6;;/h6-8,10H,1-5,9H2;2*1H. The lowest BCUT2D eigenvalue weighted by Gasteiger charge is -2.35. The Bertz CT molecular complexity index is 110. The van der Waals surface area contributed by atoms with Crippen molar-refractivity contribution in [2.75, 3.05) is 13.1 Å². The van der Waals surface area contributed by atoms with Gasteiger partial charge in [0.25, 0.3) is 0 Å². The second kappa shape index (κ2) is 5.28. The maximum Gasteiger partial charge on any atom is 0.101 e. The smallest absolute Gasteiger partial charge is 0.101 e. The molecule has 2 unspecified atom stereocenters. The molecule has 2 nitrogen and oxygen atoms in total. The lowest BCUT2D eigenvalue weighted by atomic mass is 9.75. The van der Waals surface area contributed by atoms with Crippen LogP contribution in [0, 0.1) is 11.8 Å². The number of fused-ring (bicyclic) bond motifs is 2. The van der Waals surface area contributed by atoms with Gasteiger partial charge in [-0.15, -0.1) is 0 Å². The number of piperidine rings is 1. The molecule has 2 fully saturated rings. The van der Waals surface area contributed by atoms with Crippen LogP contribution in [0.2, 0.25) is 0 Å². The van der Waals surface area contributed by atoms with Crippen LogP contribution in [0.15, 0.2) is 0 Å². The molecule has 1 saturated carbocycles. The molecule has 2 atom stereocenters. The van der Waals surface area contributed by atoms with E-state index >= 15 is 0 Å². The molecular weight excluding hydrogens is 195 g/mol. The van der Waals surface area contributed by atoms with Gasteiger partial charge in [0.2, 0.25) is 0 Å². The van der Waals surface area contributed by atoms with Gasteiger partial charge in [0.05, 0.1) is 24.9 Å². The van der Waals surface area contributed by atoms with E-state index in [0.717, 1.165) is 17.9 Å². The van der Waals surface area contributed by atoms with Gasteiger partial charge < -0.3 is 35.9 Å². The van der Waals surface area contributed by atoms with Crippen molar-refractivity contribution in [1.29, 1.82) is 0 Å². The molecule has 0 amide bonds. The SMILES string of the molecule is [Cl-].[Cl-].[NH3+]C1C2CCCC1C[NH2+]C2. The Morgan fingerprint density at radius 2 is 1.50 bits per heavy atom. The molecule has 2 bridgehead atoms. The molecule has 0 spiro atoms. The predicted octanol–water partition coefficient (Wildman–Crippen LogP) is -7.40. The van der Waals surface area contributed by atoms with Crippen LogP contribution < -0.4 is 35.9 Å². The highest BCUT2D eigenvalue weighted by atomic mass is 35.5. The molecule has 4 heteroatoms. The van der Waals surface area contributed by atoms with E-state index < -0.39 is 0 Å². The summed E-state index contributed by atoms with van der Waals surface area (Å²) in [6.45, 7) is 2.70. The normalized spacial score (nSPS) is 39.2. The van der Waals surface area contributed by atoms with Crippen molar-refractivity contribution in [2.24, 2.45) is 11.8 Å². The van der Waals surface area contributed by atoms with Gasteiger partial charge >= 0.3 is 0 Å². The zero-order valence-corrected chi connectivity index (χ0v) is 8.82. The monoisotopic (exact) mass is 212 g/mol. The second-order valence-corrected chi connectivity index (χ2v) is 3.87. The molecule has 1 aliphatic carbocycles. The lowest BCUT2D eigenvalue weighted by Crippen LogP contribution is -3.00. The third kappa shape index (κ3) is 2.25. The van der Waals surface area contributed by atoms with Crippen molar-refractivity contribution in [3.63, 3.8) is 0 Å². The van der Waals surface area contributed by atoms with E-state index in [9.17, 15) is 0 Å². The first kappa shape index (κ1) is 12.5. The van der Waals surface area contributed by atoms with E-state index in [1.807, 2.05) is 0 Å². The molecule has 0 aromatic rings. The molecule has 2 rings (SSSR count). The molecule has 74 valence electrons. The van der Waals surface area contributed by atoms with Gasteiger partial charge in [-0.2, -0.15) is 0 Å². The first-order chi connectivity index (χ1) is 4.88. The van der Waals surface area contributed by atoms with E-state index in [1.165, 1.54) is 32.4 Å². The van der Waals surface area contributed by atoms with Crippen molar-refractivity contribution in [3.05, 3.63) is 0 Å². The number of halogens is 2. The first-order valence-corrected chi connectivity index (χ1v) is 4.52. The molecular formula is C8H18Cl2N2. The average molecular weight is 213 g/mol. The molecule has 1 saturated heterocycles. The van der Waals surface area contributed by atoms with Crippen molar-refractivity contribution >= 4 is 0 Å². The van der Waals surface area contributed by atoms with Crippen LogP contribution in [0.25, 0.3) is 0 Å². The van der Waals surface area contributed by atoms with Gasteiger partial charge in [-0.3, -0.25) is 0 Å². The molecule has 1 aliphatic heterocycles. The molecule has 0 aromatic heterocycles. The fourth-order valence-electron chi connectivity index (χ4n) is 2.56. The summed E-state index contributed by atoms with van der Waals surface area (Å²) in [4.78, 5) is 0. The van der Waals surface area contributed by atoms with Gasteiger partial charge in [0.15, 0.2) is 0 Å². The summed E-state index contributed by atoms with van der Waals surface area (Å²) < 4.78 is 0. The largest absolute Gasteiger partial charge is 1.00 e. The minimum Gasteiger partial charge on any atom is -1.00 e. The van der Waals surface area contributed by atoms with E-state index in [0.29, 0.717) is 0 Å². The van der Waals surface area contributed by atoms with Crippen molar-refractivity contribution in [1.82, 2.24) is 0 Å². The van der Waals surface area contributed by atoms with Gasteiger partial charge in [0, 0.05) is 0 Å². The zero-order chi connectivity index (χ0) is 6.97. The Kier molecular flexibility index (Phi) is 5.50. The Balaban J connectivity index is 0.000000605. The highest BCUT2D eigenvalue weighted by Crippen LogP contribution is 2.26. The van der Waals surface area contributed by atoms with Gasteiger partial charge in [-0.05, 0) is 12.8 Å². The molecule has 0 radical (unpaired) electrons. The fraction of sp³-hybridized carbons (Fsp3) is 1.00. The lowest BCUT2D eigenvalue weighted by molar-refractivity contribution is -0.695. The molecule has 5 N–H and O–H groups in total. The van der Waals surface area contributed by atoms with Crippen LogP contribution >= 0.6 is 0 Å². The number of rotatable bonds is 0. The van der Waals surface area contributed by atoms with Crippen LogP contribution in [0.3, 0.4) is 0 Å². The van der Waals surface area contributed by atoms with Crippen molar-refractivity contribution in [2.45, 2.75) is 25.3 Å². The Labute approximate surface area is 86.5 Å². The topological polar surface area (TPSA) is 44.2 Å². The third-order valence-corrected chi connectivity index (χ3v) is 3.30. The van der Waals surface area contributed by atoms with Crippen LogP contribution in [-0.2, 0) is 0 Å². The average Bonchev–Trinajstić information content (AvgIpc) is 1.86. The Morgan fingerprint density at radius 3 is 1.92 bits per heavy atom. The summed E-state index contributed by atoms with van der Waals surface area (Å²) in [5.74, 6) is 1.90. The van der Waals surface area contributed by atoms with Crippen molar-refractivity contribution < 1.29 is 35.9 Å².